The highest BCUT2D eigenvalue weighted by Gasteiger charge is 2.07. The van der Waals surface area contributed by atoms with Gasteiger partial charge in [-0.2, -0.15) is 5.10 Å². The summed E-state index contributed by atoms with van der Waals surface area (Å²) in [5.74, 6) is 0. The van der Waals surface area contributed by atoms with Crippen LogP contribution in [0, 0.1) is 6.92 Å². The number of aromatic nitrogens is 2. The van der Waals surface area contributed by atoms with Crippen molar-refractivity contribution in [3.8, 4) is 0 Å². The molecule has 1 heterocycles. The highest BCUT2D eigenvalue weighted by molar-refractivity contribution is 9.08. The fourth-order valence-corrected chi connectivity index (χ4v) is 2.31. The first-order chi connectivity index (χ1) is 7.72. The van der Waals surface area contributed by atoms with Gasteiger partial charge >= 0.3 is 0 Å². The third-order valence-corrected chi connectivity index (χ3v) is 3.60. The summed E-state index contributed by atoms with van der Waals surface area (Å²) in [4.78, 5) is 0. The fourth-order valence-electron chi connectivity index (χ4n) is 1.56. The normalized spacial score (nSPS) is 10.7. The molecule has 0 atom stereocenters. The zero-order valence-corrected chi connectivity index (χ0v) is 11.3. The van der Waals surface area contributed by atoms with E-state index in [1.54, 1.807) is 0 Å². The van der Waals surface area contributed by atoms with Crippen LogP contribution in [0.4, 0.5) is 0 Å². The number of rotatable bonds is 3. The molecule has 4 heteroatoms. The van der Waals surface area contributed by atoms with Gasteiger partial charge < -0.3 is 0 Å². The van der Waals surface area contributed by atoms with Gasteiger partial charge in [0.1, 0.15) is 0 Å². The first kappa shape index (κ1) is 11.7. The molecule has 0 amide bonds. The summed E-state index contributed by atoms with van der Waals surface area (Å²) in [6, 6.07) is 7.86. The number of benzene rings is 1. The lowest BCUT2D eigenvalue weighted by Gasteiger charge is -2.06. The molecule has 0 unspecified atom stereocenters. The molecule has 0 aliphatic heterocycles. The van der Waals surface area contributed by atoms with Gasteiger partial charge in [0.25, 0.3) is 0 Å². The molecule has 0 radical (unpaired) electrons. The van der Waals surface area contributed by atoms with Gasteiger partial charge in [-0.25, -0.2) is 0 Å². The van der Waals surface area contributed by atoms with Crippen molar-refractivity contribution in [1.29, 1.82) is 0 Å². The molecule has 0 N–H and O–H groups in total. The number of alkyl halides is 1. The Labute approximate surface area is 108 Å². The smallest absolute Gasteiger partial charge is 0.0677 e. The van der Waals surface area contributed by atoms with Crippen LogP contribution in [0.5, 0.6) is 0 Å². The number of halogens is 2. The Kier molecular flexibility index (Phi) is 3.66. The second-order valence-corrected chi connectivity index (χ2v) is 4.61. The Balaban J connectivity index is 2.27. The van der Waals surface area contributed by atoms with Gasteiger partial charge in [0.15, 0.2) is 0 Å². The van der Waals surface area contributed by atoms with Crippen LogP contribution in [0.1, 0.15) is 16.8 Å². The van der Waals surface area contributed by atoms with Gasteiger partial charge in [-0.15, -0.1) is 0 Å². The van der Waals surface area contributed by atoms with Crippen LogP contribution < -0.4 is 0 Å². The molecule has 2 nitrogen and oxygen atoms in total. The Morgan fingerprint density at radius 3 is 2.69 bits per heavy atom. The molecular weight excluding hydrogens is 288 g/mol. The maximum Gasteiger partial charge on any atom is 0.0677 e. The zero-order chi connectivity index (χ0) is 11.5. The molecular formula is C12H12BrClN2. The van der Waals surface area contributed by atoms with Crippen LogP contribution in [0.25, 0.3) is 0 Å². The third-order valence-electron chi connectivity index (χ3n) is 2.63. The Bertz CT molecular complexity index is 494. The molecule has 0 saturated carbocycles. The lowest BCUT2D eigenvalue weighted by atomic mass is 10.2. The van der Waals surface area contributed by atoms with Gasteiger partial charge in [-0.05, 0) is 18.6 Å². The second kappa shape index (κ2) is 5.02. The van der Waals surface area contributed by atoms with E-state index in [0.717, 1.165) is 22.5 Å². The first-order valence-electron chi connectivity index (χ1n) is 5.03. The SMILES string of the molecule is Cc1c(CBr)cnn1Cc1ccccc1Cl. The van der Waals surface area contributed by atoms with E-state index in [9.17, 15) is 0 Å². The summed E-state index contributed by atoms with van der Waals surface area (Å²) in [7, 11) is 0. The van der Waals surface area contributed by atoms with Crippen molar-refractivity contribution >= 4 is 27.5 Å². The van der Waals surface area contributed by atoms with Crippen LogP contribution in [0.2, 0.25) is 5.02 Å². The molecule has 0 bridgehead atoms. The maximum atomic E-state index is 6.12. The average molecular weight is 300 g/mol. The molecule has 0 fully saturated rings. The fraction of sp³-hybridized carbons (Fsp3) is 0.250. The summed E-state index contributed by atoms with van der Waals surface area (Å²) >= 11 is 9.56. The summed E-state index contributed by atoms with van der Waals surface area (Å²) in [5, 5.41) is 5.98. The van der Waals surface area contributed by atoms with Gasteiger partial charge in [0.05, 0.1) is 12.7 Å². The monoisotopic (exact) mass is 298 g/mol. The van der Waals surface area contributed by atoms with Crippen molar-refractivity contribution < 1.29 is 0 Å². The summed E-state index contributed by atoms with van der Waals surface area (Å²) < 4.78 is 1.97. The summed E-state index contributed by atoms with van der Waals surface area (Å²) in [6.07, 6.45) is 1.89. The van der Waals surface area contributed by atoms with Crippen molar-refractivity contribution in [2.75, 3.05) is 0 Å². The zero-order valence-electron chi connectivity index (χ0n) is 8.95. The molecule has 1 aromatic carbocycles. The molecule has 2 aromatic rings. The standard InChI is InChI=1S/C12H12BrClN2/c1-9-11(6-13)7-15-16(9)8-10-4-2-3-5-12(10)14/h2-5,7H,6,8H2,1H3. The van der Waals surface area contributed by atoms with Crippen molar-refractivity contribution in [1.82, 2.24) is 9.78 Å². The summed E-state index contributed by atoms with van der Waals surface area (Å²) in [5.41, 5.74) is 3.49. The van der Waals surface area contributed by atoms with Crippen molar-refractivity contribution in [2.45, 2.75) is 18.8 Å². The highest BCUT2D eigenvalue weighted by Crippen LogP contribution is 2.18. The predicted octanol–water partition coefficient (Wildman–Crippen LogP) is 3.79. The molecule has 0 aliphatic rings. The molecule has 0 spiro atoms. The van der Waals surface area contributed by atoms with Crippen molar-refractivity contribution in [3.05, 3.63) is 52.3 Å². The van der Waals surface area contributed by atoms with E-state index in [2.05, 4.69) is 28.0 Å². The predicted molar refractivity (Wildman–Crippen MR) is 70.1 cm³/mol. The summed E-state index contributed by atoms with van der Waals surface area (Å²) in [6.45, 7) is 2.79. The van der Waals surface area contributed by atoms with Crippen LogP contribution in [0.15, 0.2) is 30.5 Å². The van der Waals surface area contributed by atoms with E-state index < -0.39 is 0 Å². The Morgan fingerprint density at radius 2 is 2.06 bits per heavy atom. The van der Waals surface area contributed by atoms with Crippen molar-refractivity contribution in [2.24, 2.45) is 0 Å². The Morgan fingerprint density at radius 1 is 1.31 bits per heavy atom. The molecule has 2 rings (SSSR count). The molecule has 84 valence electrons. The minimum absolute atomic E-state index is 0.721. The first-order valence-corrected chi connectivity index (χ1v) is 6.53. The van der Waals surface area contributed by atoms with Crippen molar-refractivity contribution in [3.63, 3.8) is 0 Å². The molecule has 1 aromatic heterocycles. The van der Waals surface area contributed by atoms with Crippen LogP contribution in [-0.4, -0.2) is 9.78 Å². The minimum Gasteiger partial charge on any atom is -0.265 e. The van der Waals surface area contributed by atoms with Gasteiger partial charge in [0, 0.05) is 21.6 Å². The number of nitrogens with zero attached hydrogens (tertiary/aromatic N) is 2. The van der Waals surface area contributed by atoms with Gasteiger partial charge in [-0.1, -0.05) is 45.7 Å². The lowest BCUT2D eigenvalue weighted by Crippen LogP contribution is -2.04. The lowest BCUT2D eigenvalue weighted by molar-refractivity contribution is 0.664. The van der Waals surface area contributed by atoms with Crippen LogP contribution >= 0.6 is 27.5 Å². The van der Waals surface area contributed by atoms with E-state index in [4.69, 9.17) is 11.6 Å². The molecule has 16 heavy (non-hydrogen) atoms. The van der Waals surface area contributed by atoms with E-state index in [1.807, 2.05) is 35.1 Å². The third kappa shape index (κ3) is 2.30. The van der Waals surface area contributed by atoms with E-state index in [1.165, 1.54) is 11.3 Å². The molecule has 0 saturated heterocycles. The Hall–Kier alpha value is -0.800. The van der Waals surface area contributed by atoms with Gasteiger partial charge in [0.2, 0.25) is 0 Å². The average Bonchev–Trinajstić information content (AvgIpc) is 2.63. The van der Waals surface area contributed by atoms with E-state index in [-0.39, 0.29) is 0 Å². The van der Waals surface area contributed by atoms with Crippen LogP contribution in [0.3, 0.4) is 0 Å². The quantitative estimate of drug-likeness (QED) is 0.789. The maximum absolute atomic E-state index is 6.12. The van der Waals surface area contributed by atoms with E-state index >= 15 is 0 Å². The van der Waals surface area contributed by atoms with Gasteiger partial charge in [-0.3, -0.25) is 4.68 Å². The number of hydrogen-bond acceptors (Lipinski definition) is 1. The van der Waals surface area contributed by atoms with E-state index in [0.29, 0.717) is 0 Å². The highest BCUT2D eigenvalue weighted by atomic mass is 79.9. The van der Waals surface area contributed by atoms with Crippen LogP contribution in [-0.2, 0) is 11.9 Å². The number of hydrogen-bond donors (Lipinski definition) is 0. The minimum atomic E-state index is 0.721. The molecule has 0 aliphatic carbocycles. The second-order valence-electron chi connectivity index (χ2n) is 3.64. The largest absolute Gasteiger partial charge is 0.265 e. The topological polar surface area (TPSA) is 17.8 Å².